The molecule has 0 aliphatic heterocycles. The van der Waals surface area contributed by atoms with Crippen LogP contribution in [0.5, 0.6) is 0 Å². The molecule has 18 heavy (non-hydrogen) atoms. The Balaban J connectivity index is 3.33. The second-order valence-corrected chi connectivity index (χ2v) is 6.74. The van der Waals surface area contributed by atoms with Gasteiger partial charge in [-0.25, -0.2) is 0 Å². The summed E-state index contributed by atoms with van der Waals surface area (Å²) in [6.45, 7) is 11.9. The minimum Gasteiger partial charge on any atom is -0.0654 e. The first-order chi connectivity index (χ1) is 8.60. The number of hydrogen-bond donors (Lipinski definition) is 0. The van der Waals surface area contributed by atoms with Gasteiger partial charge in [-0.2, -0.15) is 0 Å². The first-order valence-corrected chi connectivity index (χ1v) is 8.60. The Morgan fingerprint density at radius 1 is 0.611 bits per heavy atom. The van der Waals surface area contributed by atoms with Crippen LogP contribution >= 0.6 is 0 Å². The number of rotatable bonds is 12. The smallest absolute Gasteiger partial charge is 0.0440 e. The van der Waals surface area contributed by atoms with Gasteiger partial charge in [0.2, 0.25) is 0 Å². The van der Waals surface area contributed by atoms with Crippen molar-refractivity contribution in [1.82, 2.24) is 0 Å². The van der Waals surface area contributed by atoms with Gasteiger partial charge < -0.3 is 0 Å². The molecule has 0 saturated carbocycles. The van der Waals surface area contributed by atoms with E-state index in [9.17, 15) is 0 Å². The fourth-order valence-electron chi connectivity index (χ4n) is 2.83. The van der Waals surface area contributed by atoms with E-state index in [1.54, 1.807) is 0 Å². The minimum absolute atomic E-state index is 0.925. The monoisotopic (exact) mass is 254 g/mol. The molecule has 3 unspecified atom stereocenters. The van der Waals surface area contributed by atoms with E-state index in [1.807, 2.05) is 0 Å². The molecular weight excluding hydrogens is 216 g/mol. The highest BCUT2D eigenvalue weighted by molar-refractivity contribution is 4.60. The lowest BCUT2D eigenvalue weighted by atomic mass is 9.90. The van der Waals surface area contributed by atoms with Gasteiger partial charge in [-0.1, -0.05) is 92.4 Å². The highest BCUT2D eigenvalue weighted by Crippen LogP contribution is 2.21. The van der Waals surface area contributed by atoms with E-state index in [4.69, 9.17) is 0 Å². The second kappa shape index (κ2) is 12.1. The molecule has 0 N–H and O–H groups in total. The Labute approximate surface area is 117 Å². The molecule has 0 fully saturated rings. The van der Waals surface area contributed by atoms with Gasteiger partial charge in [0.1, 0.15) is 0 Å². The first-order valence-electron chi connectivity index (χ1n) is 8.60. The minimum atomic E-state index is 0.925. The summed E-state index contributed by atoms with van der Waals surface area (Å²) >= 11 is 0. The largest absolute Gasteiger partial charge is 0.0654 e. The van der Waals surface area contributed by atoms with Crippen LogP contribution < -0.4 is 0 Å². The molecule has 0 bridgehead atoms. The molecular formula is C18H38. The van der Waals surface area contributed by atoms with Crippen LogP contribution in [0.1, 0.15) is 98.8 Å². The zero-order chi connectivity index (χ0) is 13.8. The number of hydrogen-bond acceptors (Lipinski definition) is 0. The van der Waals surface area contributed by atoms with Crippen molar-refractivity contribution < 1.29 is 0 Å². The topological polar surface area (TPSA) is 0 Å². The van der Waals surface area contributed by atoms with Crippen molar-refractivity contribution in [2.24, 2.45) is 17.8 Å². The fraction of sp³-hybridized carbons (Fsp3) is 1.00. The third-order valence-electron chi connectivity index (χ3n) is 4.45. The Hall–Kier alpha value is 0. The van der Waals surface area contributed by atoms with Gasteiger partial charge >= 0.3 is 0 Å². The molecule has 0 spiro atoms. The summed E-state index contributed by atoms with van der Waals surface area (Å²) in [6.07, 6.45) is 14.3. The molecule has 0 heteroatoms. The maximum absolute atomic E-state index is 2.44. The molecule has 0 aromatic carbocycles. The van der Waals surface area contributed by atoms with Gasteiger partial charge in [-0.05, 0) is 24.2 Å². The van der Waals surface area contributed by atoms with Crippen molar-refractivity contribution in [2.45, 2.75) is 98.8 Å². The van der Waals surface area contributed by atoms with Crippen molar-refractivity contribution in [3.8, 4) is 0 Å². The van der Waals surface area contributed by atoms with E-state index in [2.05, 4.69) is 34.6 Å². The lowest BCUT2D eigenvalue weighted by Crippen LogP contribution is -2.02. The lowest BCUT2D eigenvalue weighted by molar-refractivity contribution is 0.369. The van der Waals surface area contributed by atoms with E-state index >= 15 is 0 Å². The lowest BCUT2D eigenvalue weighted by Gasteiger charge is -2.16. The standard InChI is InChI=1S/C18H38/c1-6-8-12-17(4)13-10-9-11-14-18(5)15-16(3)7-2/h16-18H,6-15H2,1-5H3. The molecule has 0 rings (SSSR count). The zero-order valence-electron chi connectivity index (χ0n) is 13.8. The summed E-state index contributed by atoms with van der Waals surface area (Å²) in [5, 5.41) is 0. The summed E-state index contributed by atoms with van der Waals surface area (Å²) in [6, 6.07) is 0. The molecule has 0 aromatic rings. The molecule has 0 heterocycles. The van der Waals surface area contributed by atoms with Gasteiger partial charge in [0, 0.05) is 0 Å². The average Bonchev–Trinajstić information content (AvgIpc) is 2.35. The highest BCUT2D eigenvalue weighted by atomic mass is 14.1. The quantitative estimate of drug-likeness (QED) is 0.335. The van der Waals surface area contributed by atoms with E-state index < -0.39 is 0 Å². The molecule has 0 aliphatic carbocycles. The van der Waals surface area contributed by atoms with E-state index in [1.165, 1.54) is 64.2 Å². The first kappa shape index (κ1) is 18.0. The Kier molecular flexibility index (Phi) is 12.1. The Morgan fingerprint density at radius 3 is 1.72 bits per heavy atom. The predicted octanol–water partition coefficient (Wildman–Crippen LogP) is 6.84. The fourth-order valence-corrected chi connectivity index (χ4v) is 2.83. The molecule has 0 aliphatic rings. The van der Waals surface area contributed by atoms with Crippen LogP contribution in [0.3, 0.4) is 0 Å². The summed E-state index contributed by atoms with van der Waals surface area (Å²) < 4.78 is 0. The predicted molar refractivity (Wildman–Crippen MR) is 85.0 cm³/mol. The SMILES string of the molecule is CCCCC(C)CCCCCC(C)CC(C)CC. The summed E-state index contributed by atoms with van der Waals surface area (Å²) in [5.41, 5.74) is 0. The van der Waals surface area contributed by atoms with Crippen molar-refractivity contribution in [3.05, 3.63) is 0 Å². The summed E-state index contributed by atoms with van der Waals surface area (Å²) in [5.74, 6) is 2.83. The third-order valence-corrected chi connectivity index (χ3v) is 4.45. The van der Waals surface area contributed by atoms with E-state index in [0.717, 1.165) is 17.8 Å². The number of unbranched alkanes of at least 4 members (excludes halogenated alkanes) is 3. The maximum Gasteiger partial charge on any atom is -0.0440 e. The Morgan fingerprint density at radius 2 is 1.17 bits per heavy atom. The van der Waals surface area contributed by atoms with Crippen LogP contribution in [0.25, 0.3) is 0 Å². The van der Waals surface area contributed by atoms with Gasteiger partial charge in [0.05, 0.1) is 0 Å². The molecule has 3 atom stereocenters. The zero-order valence-corrected chi connectivity index (χ0v) is 13.8. The molecule has 0 saturated heterocycles. The van der Waals surface area contributed by atoms with Crippen molar-refractivity contribution in [3.63, 3.8) is 0 Å². The van der Waals surface area contributed by atoms with Gasteiger partial charge in [-0.3, -0.25) is 0 Å². The summed E-state index contributed by atoms with van der Waals surface area (Å²) in [7, 11) is 0. The van der Waals surface area contributed by atoms with Crippen molar-refractivity contribution in [2.75, 3.05) is 0 Å². The average molecular weight is 255 g/mol. The second-order valence-electron chi connectivity index (χ2n) is 6.74. The van der Waals surface area contributed by atoms with E-state index in [-0.39, 0.29) is 0 Å². The molecule has 0 nitrogen and oxygen atoms in total. The molecule has 0 radical (unpaired) electrons. The van der Waals surface area contributed by atoms with Crippen LogP contribution in [0, 0.1) is 17.8 Å². The van der Waals surface area contributed by atoms with Crippen LogP contribution in [0.2, 0.25) is 0 Å². The summed E-state index contributed by atoms with van der Waals surface area (Å²) in [4.78, 5) is 0. The van der Waals surface area contributed by atoms with E-state index in [0.29, 0.717) is 0 Å². The van der Waals surface area contributed by atoms with Crippen molar-refractivity contribution in [1.29, 1.82) is 0 Å². The maximum atomic E-state index is 2.44. The molecule has 110 valence electrons. The van der Waals surface area contributed by atoms with Crippen molar-refractivity contribution >= 4 is 0 Å². The third kappa shape index (κ3) is 11.1. The van der Waals surface area contributed by atoms with Gasteiger partial charge in [0.15, 0.2) is 0 Å². The van der Waals surface area contributed by atoms with Crippen LogP contribution in [0.15, 0.2) is 0 Å². The van der Waals surface area contributed by atoms with Crippen LogP contribution in [-0.4, -0.2) is 0 Å². The van der Waals surface area contributed by atoms with Crippen LogP contribution in [-0.2, 0) is 0 Å². The van der Waals surface area contributed by atoms with Gasteiger partial charge in [-0.15, -0.1) is 0 Å². The highest BCUT2D eigenvalue weighted by Gasteiger charge is 2.07. The molecule has 0 aromatic heterocycles. The van der Waals surface area contributed by atoms with Gasteiger partial charge in [0.25, 0.3) is 0 Å². The normalized spacial score (nSPS) is 16.5. The molecule has 0 amide bonds. The van der Waals surface area contributed by atoms with Crippen LogP contribution in [0.4, 0.5) is 0 Å². The Bertz CT molecular complexity index is 161.